The lowest BCUT2D eigenvalue weighted by molar-refractivity contribution is -0.137. The van der Waals surface area contributed by atoms with Crippen molar-refractivity contribution in [2.24, 2.45) is 0 Å². The van der Waals surface area contributed by atoms with Crippen LogP contribution in [0.5, 0.6) is 0 Å². The Bertz CT molecular complexity index is 1120. The molecular weight excluding hydrogens is 500 g/mol. The van der Waals surface area contributed by atoms with Gasteiger partial charge in [0.1, 0.15) is 5.82 Å². The topological polar surface area (TPSA) is 39.7 Å². The van der Waals surface area contributed by atoms with Crippen LogP contribution in [0.1, 0.15) is 30.4 Å². The number of hydrogen-bond donors (Lipinski definition) is 0. The fourth-order valence-electron chi connectivity index (χ4n) is 5.41. The zero-order chi connectivity index (χ0) is 24.7. The van der Waals surface area contributed by atoms with Gasteiger partial charge in [-0.15, -0.1) is 0 Å². The molecule has 1 aromatic carbocycles. The van der Waals surface area contributed by atoms with Crippen LogP contribution >= 0.6 is 23.2 Å². The average molecular weight is 525 g/mol. The van der Waals surface area contributed by atoms with Gasteiger partial charge in [0.15, 0.2) is 0 Å². The van der Waals surface area contributed by atoms with Crippen molar-refractivity contribution >= 4 is 40.5 Å². The van der Waals surface area contributed by atoms with E-state index in [1.54, 1.807) is 17.2 Å². The first-order valence-electron chi connectivity index (χ1n) is 11.7. The van der Waals surface area contributed by atoms with Gasteiger partial charge >= 0.3 is 6.18 Å². The van der Waals surface area contributed by atoms with Gasteiger partial charge in [0.2, 0.25) is 5.91 Å². The minimum atomic E-state index is -4.50. The Morgan fingerprint density at radius 3 is 2.43 bits per heavy atom. The molecule has 0 N–H and O–H groups in total. The summed E-state index contributed by atoms with van der Waals surface area (Å²) < 4.78 is 39.6. The summed E-state index contributed by atoms with van der Waals surface area (Å²) in [6.07, 6.45) is 1.65. The highest BCUT2D eigenvalue weighted by Crippen LogP contribution is 2.37. The lowest BCUT2D eigenvalue weighted by atomic mass is 9.97. The van der Waals surface area contributed by atoms with Crippen LogP contribution in [0, 0.1) is 0 Å². The van der Waals surface area contributed by atoms with Crippen LogP contribution in [0.25, 0.3) is 5.57 Å². The number of likely N-dealkylation sites (tertiary alicyclic amines) is 1. The monoisotopic (exact) mass is 524 g/mol. The second-order valence-corrected chi connectivity index (χ2v) is 10.2. The van der Waals surface area contributed by atoms with E-state index < -0.39 is 11.7 Å². The van der Waals surface area contributed by atoms with Gasteiger partial charge in [-0.2, -0.15) is 13.2 Å². The number of halogens is 5. The van der Waals surface area contributed by atoms with Crippen molar-refractivity contribution in [1.82, 2.24) is 14.8 Å². The van der Waals surface area contributed by atoms with Gasteiger partial charge in [0.05, 0.1) is 22.2 Å². The lowest BCUT2D eigenvalue weighted by Gasteiger charge is -2.42. The van der Waals surface area contributed by atoms with E-state index in [9.17, 15) is 18.0 Å². The fourth-order valence-corrected chi connectivity index (χ4v) is 5.74. The molecule has 186 valence electrons. The van der Waals surface area contributed by atoms with Crippen LogP contribution in [-0.4, -0.2) is 65.5 Å². The van der Waals surface area contributed by atoms with Gasteiger partial charge in [-0.25, -0.2) is 4.98 Å². The number of pyridine rings is 1. The summed E-state index contributed by atoms with van der Waals surface area (Å²) in [5.41, 5.74) is 0.467. The highest BCUT2D eigenvalue weighted by atomic mass is 35.5. The van der Waals surface area contributed by atoms with Crippen molar-refractivity contribution in [3.05, 3.63) is 63.8 Å². The van der Waals surface area contributed by atoms with E-state index in [0.29, 0.717) is 48.7 Å². The van der Waals surface area contributed by atoms with E-state index in [-0.39, 0.29) is 10.9 Å². The number of amides is 1. The van der Waals surface area contributed by atoms with Crippen LogP contribution in [0.2, 0.25) is 10.0 Å². The number of alkyl halides is 3. The third kappa shape index (κ3) is 5.15. The molecule has 3 aliphatic heterocycles. The highest BCUT2D eigenvalue weighted by Gasteiger charge is 2.41. The standard InChI is InChI=1S/C25H25Cl2F3N4O/c26-18-2-6-23(31-12-18)34-19-3-4-20(34)14-32(13-19)15-24(35)33-9-7-16(8-10-33)17-1-5-22(27)21(11-17)25(28,29)30/h1-2,5-7,11-12,19-20H,3-4,8-10,13-15H2. The van der Waals surface area contributed by atoms with Crippen LogP contribution in [0.3, 0.4) is 0 Å². The van der Waals surface area contributed by atoms with Crippen molar-refractivity contribution < 1.29 is 18.0 Å². The van der Waals surface area contributed by atoms with Gasteiger partial charge in [-0.3, -0.25) is 9.69 Å². The smallest absolute Gasteiger partial charge is 0.348 e. The molecule has 0 spiro atoms. The van der Waals surface area contributed by atoms with Crippen LogP contribution in [-0.2, 0) is 11.0 Å². The number of benzene rings is 1. The van der Waals surface area contributed by atoms with E-state index in [4.69, 9.17) is 23.2 Å². The number of anilines is 1. The molecule has 2 atom stereocenters. The first-order chi connectivity index (χ1) is 16.7. The molecule has 0 aliphatic carbocycles. The molecule has 3 aliphatic rings. The number of carbonyl (C=O) groups is 1. The molecule has 35 heavy (non-hydrogen) atoms. The summed E-state index contributed by atoms with van der Waals surface area (Å²) >= 11 is 11.7. The SMILES string of the molecule is O=C(CN1CC2CCC(C1)N2c1ccc(Cl)cn1)N1CC=C(c2ccc(Cl)c(C(F)(F)F)c2)CC1. The number of piperazine rings is 1. The molecule has 1 amide bonds. The van der Waals surface area contributed by atoms with E-state index in [1.165, 1.54) is 6.07 Å². The van der Waals surface area contributed by atoms with Gasteiger partial charge in [0, 0.05) is 44.5 Å². The number of carbonyl (C=O) groups excluding carboxylic acids is 1. The van der Waals surface area contributed by atoms with Gasteiger partial charge in [-0.1, -0.05) is 35.3 Å². The van der Waals surface area contributed by atoms with Crippen molar-refractivity contribution in [3.63, 3.8) is 0 Å². The Balaban J connectivity index is 1.19. The second-order valence-electron chi connectivity index (χ2n) is 9.33. The van der Waals surface area contributed by atoms with E-state index in [1.807, 2.05) is 18.2 Å². The Labute approximate surface area is 212 Å². The molecule has 5 nitrogen and oxygen atoms in total. The molecule has 4 heterocycles. The summed E-state index contributed by atoms with van der Waals surface area (Å²) in [6, 6.07) is 8.41. The molecule has 2 fully saturated rings. The van der Waals surface area contributed by atoms with Crippen LogP contribution in [0.15, 0.2) is 42.6 Å². The molecular formula is C25H25Cl2F3N4O. The summed E-state index contributed by atoms with van der Waals surface area (Å²) in [6.45, 7) is 2.81. The molecule has 2 bridgehead atoms. The molecule has 10 heteroatoms. The normalized spacial score (nSPS) is 22.9. The molecule has 1 aromatic heterocycles. The van der Waals surface area contributed by atoms with Crippen LogP contribution < -0.4 is 4.90 Å². The molecule has 2 aromatic rings. The summed E-state index contributed by atoms with van der Waals surface area (Å²) in [5, 5.41) is 0.302. The van der Waals surface area contributed by atoms with E-state index in [2.05, 4.69) is 14.8 Å². The largest absolute Gasteiger partial charge is 0.417 e. The Kier molecular flexibility index (Phi) is 6.72. The summed E-state index contributed by atoms with van der Waals surface area (Å²) in [5.74, 6) is 0.974. The summed E-state index contributed by atoms with van der Waals surface area (Å²) in [7, 11) is 0. The quantitative estimate of drug-likeness (QED) is 0.538. The highest BCUT2D eigenvalue weighted by molar-refractivity contribution is 6.31. The average Bonchev–Trinajstić information content (AvgIpc) is 3.09. The Morgan fingerprint density at radius 2 is 1.83 bits per heavy atom. The lowest BCUT2D eigenvalue weighted by Crippen LogP contribution is -2.56. The van der Waals surface area contributed by atoms with Crippen molar-refractivity contribution in [3.8, 4) is 0 Å². The zero-order valence-corrected chi connectivity index (χ0v) is 20.5. The van der Waals surface area contributed by atoms with Gasteiger partial charge in [0.25, 0.3) is 0 Å². The van der Waals surface area contributed by atoms with Gasteiger partial charge < -0.3 is 9.80 Å². The van der Waals surface area contributed by atoms with Crippen molar-refractivity contribution in [1.29, 1.82) is 0 Å². The number of aromatic nitrogens is 1. The number of nitrogens with zero attached hydrogens (tertiary/aromatic N) is 4. The fraction of sp³-hybridized carbons (Fsp3) is 0.440. The maximum atomic E-state index is 13.2. The number of rotatable bonds is 4. The number of hydrogen-bond acceptors (Lipinski definition) is 4. The maximum absolute atomic E-state index is 13.2. The first-order valence-corrected chi connectivity index (χ1v) is 12.4. The Hall–Kier alpha value is -2.29. The minimum Gasteiger partial charge on any atom is -0.348 e. The molecule has 5 rings (SSSR count). The molecule has 0 radical (unpaired) electrons. The van der Waals surface area contributed by atoms with Gasteiger partial charge in [-0.05, 0) is 54.7 Å². The van der Waals surface area contributed by atoms with Crippen molar-refractivity contribution in [2.75, 3.05) is 37.6 Å². The maximum Gasteiger partial charge on any atom is 0.417 e. The van der Waals surface area contributed by atoms with Crippen LogP contribution in [0.4, 0.5) is 19.0 Å². The Morgan fingerprint density at radius 1 is 1.09 bits per heavy atom. The first kappa shape index (κ1) is 24.4. The van der Waals surface area contributed by atoms with E-state index in [0.717, 1.165) is 43.4 Å². The van der Waals surface area contributed by atoms with E-state index >= 15 is 0 Å². The summed E-state index contributed by atoms with van der Waals surface area (Å²) in [4.78, 5) is 23.8. The molecule has 0 saturated carbocycles. The number of fused-ring (bicyclic) bond motifs is 2. The minimum absolute atomic E-state index is 0.0462. The third-order valence-corrected chi connectivity index (χ3v) is 7.65. The zero-order valence-electron chi connectivity index (χ0n) is 18.9. The molecule has 2 unspecified atom stereocenters. The second kappa shape index (κ2) is 9.64. The predicted octanol–water partition coefficient (Wildman–Crippen LogP) is 5.38. The third-order valence-electron chi connectivity index (χ3n) is 7.10. The van der Waals surface area contributed by atoms with Crippen molar-refractivity contribution in [2.45, 2.75) is 37.5 Å². The molecule has 2 saturated heterocycles. The predicted molar refractivity (Wildman–Crippen MR) is 131 cm³/mol.